The van der Waals surface area contributed by atoms with Crippen LogP contribution in [0.5, 0.6) is 0 Å². The van der Waals surface area contributed by atoms with Crippen molar-refractivity contribution in [1.29, 1.82) is 0 Å². The molecule has 4 rings (SSSR count). The van der Waals surface area contributed by atoms with E-state index in [1.165, 1.54) is 0 Å². The maximum Gasteiger partial charge on any atom is 0.237 e. The van der Waals surface area contributed by atoms with Crippen LogP contribution in [0.2, 0.25) is 0 Å². The van der Waals surface area contributed by atoms with Crippen molar-refractivity contribution in [1.82, 2.24) is 15.3 Å². The van der Waals surface area contributed by atoms with Crippen LogP contribution in [0.25, 0.3) is 10.9 Å². The lowest BCUT2D eigenvalue weighted by molar-refractivity contribution is -0.123. The van der Waals surface area contributed by atoms with Crippen molar-refractivity contribution in [2.45, 2.75) is 45.2 Å². The largest absolute Gasteiger partial charge is 0.367 e. The molecule has 2 aromatic rings. The Morgan fingerprint density at radius 1 is 1.35 bits per heavy atom. The van der Waals surface area contributed by atoms with Gasteiger partial charge in [0.1, 0.15) is 0 Å². The van der Waals surface area contributed by atoms with Crippen molar-refractivity contribution in [3.63, 3.8) is 0 Å². The maximum atomic E-state index is 12.4. The highest BCUT2D eigenvalue weighted by molar-refractivity contribution is 5.92. The molecular formula is C20H27N5O. The Morgan fingerprint density at radius 2 is 2.15 bits per heavy atom. The zero-order valence-electron chi connectivity index (χ0n) is 15.5. The van der Waals surface area contributed by atoms with E-state index in [9.17, 15) is 4.79 Å². The standard InChI is InChI=1S/C20H27N5O/c1-12-8-15(24-20(26)18(21)14-5-6-14)11-25(10-12)17-9-23-13(2)19-16(17)4-3-7-22-19/h3-4,7,9,12,14-15,18H,5-6,8,10-11,21H2,1-2H3,(H,24,26). The lowest BCUT2D eigenvalue weighted by atomic mass is 9.94. The minimum Gasteiger partial charge on any atom is -0.367 e. The van der Waals surface area contributed by atoms with Gasteiger partial charge in [-0.25, -0.2) is 0 Å². The normalized spacial score (nSPS) is 24.5. The van der Waals surface area contributed by atoms with Gasteiger partial charge in [0.05, 0.1) is 29.1 Å². The topological polar surface area (TPSA) is 84.1 Å². The Hall–Kier alpha value is -2.21. The number of anilines is 1. The van der Waals surface area contributed by atoms with E-state index in [0.29, 0.717) is 11.8 Å². The van der Waals surface area contributed by atoms with E-state index >= 15 is 0 Å². The third kappa shape index (κ3) is 3.38. The number of nitrogens with one attached hydrogen (secondary N) is 1. The molecule has 0 bridgehead atoms. The number of hydrogen-bond acceptors (Lipinski definition) is 5. The van der Waals surface area contributed by atoms with Gasteiger partial charge < -0.3 is 16.0 Å². The fourth-order valence-corrected chi connectivity index (χ4v) is 4.06. The van der Waals surface area contributed by atoms with Crippen molar-refractivity contribution < 1.29 is 4.79 Å². The van der Waals surface area contributed by atoms with Gasteiger partial charge in [0.25, 0.3) is 0 Å². The van der Waals surface area contributed by atoms with Crippen LogP contribution >= 0.6 is 0 Å². The van der Waals surface area contributed by atoms with Gasteiger partial charge in [0, 0.05) is 30.7 Å². The number of aromatic nitrogens is 2. The molecule has 0 radical (unpaired) electrons. The third-order valence-corrected chi connectivity index (χ3v) is 5.59. The molecular weight excluding hydrogens is 326 g/mol. The first-order valence-corrected chi connectivity index (χ1v) is 9.54. The van der Waals surface area contributed by atoms with Crippen molar-refractivity contribution in [3.8, 4) is 0 Å². The van der Waals surface area contributed by atoms with Crippen LogP contribution in [0, 0.1) is 18.8 Å². The Bertz CT molecular complexity index is 819. The molecule has 1 aliphatic heterocycles. The summed E-state index contributed by atoms with van der Waals surface area (Å²) in [5, 5.41) is 4.31. The number of nitrogens with two attached hydrogens (primary N) is 1. The minimum atomic E-state index is -0.355. The molecule has 2 fully saturated rings. The molecule has 2 aromatic heterocycles. The minimum absolute atomic E-state index is 0.0000980. The highest BCUT2D eigenvalue weighted by atomic mass is 16.2. The number of pyridine rings is 2. The number of piperidine rings is 1. The molecule has 6 heteroatoms. The van der Waals surface area contributed by atoms with E-state index in [0.717, 1.165) is 54.6 Å². The van der Waals surface area contributed by atoms with Crippen LogP contribution in [-0.2, 0) is 4.79 Å². The van der Waals surface area contributed by atoms with E-state index in [-0.39, 0.29) is 18.0 Å². The summed E-state index contributed by atoms with van der Waals surface area (Å²) in [5.41, 5.74) is 9.04. The molecule has 0 aromatic carbocycles. The smallest absolute Gasteiger partial charge is 0.237 e. The van der Waals surface area contributed by atoms with Gasteiger partial charge in [0.15, 0.2) is 0 Å². The SMILES string of the molecule is Cc1ncc(N2CC(C)CC(NC(=O)C(N)C3CC3)C2)c2cccnc12. The first-order chi connectivity index (χ1) is 12.5. The Kier molecular flexibility index (Phi) is 4.53. The molecule has 3 unspecified atom stereocenters. The molecule has 1 amide bonds. The van der Waals surface area contributed by atoms with Gasteiger partial charge in [-0.15, -0.1) is 0 Å². The second-order valence-electron chi connectivity index (χ2n) is 7.94. The number of amides is 1. The highest BCUT2D eigenvalue weighted by Crippen LogP contribution is 2.32. The van der Waals surface area contributed by atoms with E-state index in [4.69, 9.17) is 5.73 Å². The zero-order chi connectivity index (χ0) is 18.3. The monoisotopic (exact) mass is 353 g/mol. The van der Waals surface area contributed by atoms with Crippen molar-refractivity contribution in [3.05, 3.63) is 30.2 Å². The van der Waals surface area contributed by atoms with Crippen molar-refractivity contribution >= 4 is 22.5 Å². The van der Waals surface area contributed by atoms with Crippen LogP contribution < -0.4 is 16.0 Å². The predicted molar refractivity (Wildman–Crippen MR) is 103 cm³/mol. The molecule has 6 nitrogen and oxygen atoms in total. The summed E-state index contributed by atoms with van der Waals surface area (Å²) in [4.78, 5) is 23.8. The van der Waals surface area contributed by atoms with Crippen LogP contribution in [0.3, 0.4) is 0 Å². The van der Waals surface area contributed by atoms with E-state index in [2.05, 4.69) is 33.2 Å². The van der Waals surface area contributed by atoms with Gasteiger partial charge in [0.2, 0.25) is 5.91 Å². The fraction of sp³-hybridized carbons (Fsp3) is 0.550. The summed E-state index contributed by atoms with van der Waals surface area (Å²) in [5.74, 6) is 0.864. The van der Waals surface area contributed by atoms with Crippen LogP contribution in [-0.4, -0.2) is 41.0 Å². The molecule has 3 atom stereocenters. The highest BCUT2D eigenvalue weighted by Gasteiger charge is 2.35. The first kappa shape index (κ1) is 17.2. The summed E-state index contributed by atoms with van der Waals surface area (Å²) in [6, 6.07) is 3.82. The van der Waals surface area contributed by atoms with Crippen molar-refractivity contribution in [2.24, 2.45) is 17.6 Å². The van der Waals surface area contributed by atoms with Crippen LogP contribution in [0.1, 0.15) is 31.9 Å². The summed E-state index contributed by atoms with van der Waals surface area (Å²) in [6.07, 6.45) is 6.88. The van der Waals surface area contributed by atoms with Crippen molar-refractivity contribution in [2.75, 3.05) is 18.0 Å². The number of aryl methyl sites for hydroxylation is 1. The maximum absolute atomic E-state index is 12.4. The quantitative estimate of drug-likeness (QED) is 0.878. The molecule has 1 saturated heterocycles. The molecule has 1 saturated carbocycles. The molecule has 3 N–H and O–H groups in total. The Morgan fingerprint density at radius 3 is 2.92 bits per heavy atom. The van der Waals surface area contributed by atoms with Gasteiger partial charge in [-0.1, -0.05) is 6.92 Å². The molecule has 0 spiro atoms. The lowest BCUT2D eigenvalue weighted by Crippen LogP contribution is -2.54. The van der Waals surface area contributed by atoms with E-state index in [1.54, 1.807) is 0 Å². The van der Waals surface area contributed by atoms with Gasteiger partial charge in [-0.2, -0.15) is 0 Å². The third-order valence-electron chi connectivity index (χ3n) is 5.59. The number of carbonyl (C=O) groups is 1. The van der Waals surface area contributed by atoms with E-state index in [1.807, 2.05) is 25.4 Å². The second kappa shape index (κ2) is 6.83. The molecule has 26 heavy (non-hydrogen) atoms. The lowest BCUT2D eigenvalue weighted by Gasteiger charge is -2.39. The average molecular weight is 353 g/mol. The first-order valence-electron chi connectivity index (χ1n) is 9.54. The molecule has 3 heterocycles. The van der Waals surface area contributed by atoms with Gasteiger partial charge in [-0.3, -0.25) is 14.8 Å². The Balaban J connectivity index is 1.55. The summed E-state index contributed by atoms with van der Waals surface area (Å²) >= 11 is 0. The predicted octanol–water partition coefficient (Wildman–Crippen LogP) is 2.01. The fourth-order valence-electron chi connectivity index (χ4n) is 4.06. The van der Waals surface area contributed by atoms with Gasteiger partial charge in [-0.05, 0) is 50.2 Å². The summed E-state index contributed by atoms with van der Waals surface area (Å²) in [6.45, 7) is 5.95. The van der Waals surface area contributed by atoms with Crippen LogP contribution in [0.4, 0.5) is 5.69 Å². The number of carbonyl (C=O) groups excluding carboxylic acids is 1. The second-order valence-corrected chi connectivity index (χ2v) is 7.94. The zero-order valence-corrected chi connectivity index (χ0v) is 15.5. The molecule has 138 valence electrons. The number of hydrogen-bond donors (Lipinski definition) is 2. The Labute approximate surface area is 154 Å². The average Bonchev–Trinajstić information content (AvgIpc) is 3.46. The van der Waals surface area contributed by atoms with Crippen LogP contribution in [0.15, 0.2) is 24.5 Å². The molecule has 1 aliphatic carbocycles. The number of nitrogens with zero attached hydrogens (tertiary/aromatic N) is 3. The molecule has 2 aliphatic rings. The van der Waals surface area contributed by atoms with E-state index < -0.39 is 0 Å². The van der Waals surface area contributed by atoms with Gasteiger partial charge >= 0.3 is 0 Å². The summed E-state index contributed by atoms with van der Waals surface area (Å²) < 4.78 is 0. The summed E-state index contributed by atoms with van der Waals surface area (Å²) in [7, 11) is 0. The number of fused-ring (bicyclic) bond motifs is 1. The number of rotatable bonds is 4.